The van der Waals surface area contributed by atoms with Gasteiger partial charge in [0.25, 0.3) is 0 Å². The Morgan fingerprint density at radius 1 is 1.18 bits per heavy atom. The highest BCUT2D eigenvalue weighted by Gasteiger charge is 2.33. The van der Waals surface area contributed by atoms with Crippen molar-refractivity contribution >= 4 is 16.8 Å². The lowest BCUT2D eigenvalue weighted by molar-refractivity contribution is 0.621. The van der Waals surface area contributed by atoms with Gasteiger partial charge in [-0.2, -0.15) is 5.26 Å². The molecule has 0 aromatic rings. The van der Waals surface area contributed by atoms with Gasteiger partial charge in [0, 0.05) is 12.6 Å². The van der Waals surface area contributed by atoms with Gasteiger partial charge in [0.05, 0.1) is 11.1 Å². The molecule has 0 radical (unpaired) electrons. The third kappa shape index (κ3) is 3.47. The normalized spacial score (nSPS) is 23.4. The molecular formula is C14H18N2S. The van der Waals surface area contributed by atoms with Crippen LogP contribution in [0.4, 0.5) is 0 Å². The Morgan fingerprint density at radius 2 is 1.94 bits per heavy atom. The number of aliphatic imine (C=N–C) groups is 1. The number of nitriles is 1. The number of hydrogen-bond acceptors (Lipinski definition) is 3. The zero-order valence-corrected chi connectivity index (χ0v) is 10.9. The Morgan fingerprint density at radius 3 is 2.65 bits per heavy atom. The largest absolute Gasteiger partial charge is 0.254 e. The van der Waals surface area contributed by atoms with Crippen LogP contribution >= 0.6 is 11.8 Å². The van der Waals surface area contributed by atoms with Gasteiger partial charge in [-0.25, -0.2) is 0 Å². The van der Waals surface area contributed by atoms with Crippen molar-refractivity contribution in [2.45, 2.75) is 49.7 Å². The summed E-state index contributed by atoms with van der Waals surface area (Å²) in [5, 5.41) is 10.6. The number of hydrogen-bond donors (Lipinski definition) is 0. The van der Waals surface area contributed by atoms with Gasteiger partial charge in [-0.3, -0.25) is 4.99 Å². The van der Waals surface area contributed by atoms with Gasteiger partial charge in [0.2, 0.25) is 0 Å². The number of nitrogens with zero attached hydrogens (tertiary/aromatic N) is 2. The number of allylic oxidation sites excluding steroid dienone is 3. The first kappa shape index (κ1) is 12.4. The smallest absolute Gasteiger partial charge is 0.108 e. The minimum absolute atomic E-state index is 0.221. The van der Waals surface area contributed by atoms with Gasteiger partial charge >= 0.3 is 0 Å². The van der Waals surface area contributed by atoms with Crippen LogP contribution in [0.15, 0.2) is 29.4 Å². The SMILES string of the molecule is N#CC1(SC2=NC=CC=CC2)CCCCCC1. The van der Waals surface area contributed by atoms with Crippen molar-refractivity contribution in [1.82, 2.24) is 0 Å². The Bertz CT molecular complexity index is 380. The summed E-state index contributed by atoms with van der Waals surface area (Å²) in [6.07, 6.45) is 15.7. The van der Waals surface area contributed by atoms with Crippen LogP contribution in [-0.2, 0) is 0 Å². The van der Waals surface area contributed by atoms with Gasteiger partial charge in [-0.05, 0) is 18.9 Å². The monoisotopic (exact) mass is 246 g/mol. The van der Waals surface area contributed by atoms with Crippen molar-refractivity contribution in [3.05, 3.63) is 24.4 Å². The van der Waals surface area contributed by atoms with Crippen molar-refractivity contribution in [2.24, 2.45) is 4.99 Å². The summed E-state index contributed by atoms with van der Waals surface area (Å²) >= 11 is 1.70. The van der Waals surface area contributed by atoms with Crippen molar-refractivity contribution < 1.29 is 0 Å². The fourth-order valence-corrected chi connectivity index (χ4v) is 3.59. The summed E-state index contributed by atoms with van der Waals surface area (Å²) in [5.74, 6) is 0. The molecule has 1 aliphatic heterocycles. The second kappa shape index (κ2) is 6.07. The summed E-state index contributed by atoms with van der Waals surface area (Å²) in [7, 11) is 0. The second-order valence-corrected chi connectivity index (χ2v) is 6.08. The molecule has 1 aliphatic carbocycles. The fraction of sp³-hybridized carbons (Fsp3) is 0.571. The lowest BCUT2D eigenvalue weighted by Gasteiger charge is -2.24. The summed E-state index contributed by atoms with van der Waals surface area (Å²) in [6, 6.07) is 2.56. The highest BCUT2D eigenvalue weighted by atomic mass is 32.2. The van der Waals surface area contributed by atoms with Gasteiger partial charge in [-0.15, -0.1) is 0 Å². The summed E-state index contributed by atoms with van der Waals surface area (Å²) in [5.41, 5.74) is 0. The lowest BCUT2D eigenvalue weighted by Crippen LogP contribution is -2.23. The van der Waals surface area contributed by atoms with Crippen LogP contribution in [0, 0.1) is 11.3 Å². The van der Waals surface area contributed by atoms with Crippen molar-refractivity contribution in [2.75, 3.05) is 0 Å². The van der Waals surface area contributed by atoms with Crippen molar-refractivity contribution in [3.63, 3.8) is 0 Å². The van der Waals surface area contributed by atoms with Crippen LogP contribution in [0.5, 0.6) is 0 Å². The predicted octanol–water partition coefficient (Wildman–Crippen LogP) is 4.21. The van der Waals surface area contributed by atoms with E-state index in [4.69, 9.17) is 0 Å². The van der Waals surface area contributed by atoms with Crippen LogP contribution in [0.25, 0.3) is 0 Å². The van der Waals surface area contributed by atoms with Crippen LogP contribution in [0.3, 0.4) is 0 Å². The minimum Gasteiger partial charge on any atom is -0.254 e. The van der Waals surface area contributed by atoms with E-state index in [2.05, 4.69) is 17.1 Å². The summed E-state index contributed by atoms with van der Waals surface area (Å²) in [4.78, 5) is 4.43. The predicted molar refractivity (Wildman–Crippen MR) is 74.0 cm³/mol. The van der Waals surface area contributed by atoms with Crippen molar-refractivity contribution in [3.8, 4) is 6.07 Å². The quantitative estimate of drug-likeness (QED) is 0.650. The molecule has 3 heteroatoms. The van der Waals surface area contributed by atoms with Gasteiger partial charge in [0.1, 0.15) is 4.75 Å². The van der Waals surface area contributed by atoms with Gasteiger partial charge in [-0.1, -0.05) is 49.6 Å². The first-order valence-electron chi connectivity index (χ1n) is 6.33. The standard InChI is InChI=1S/C14H18N2S/c15-12-14(9-5-1-2-6-10-14)17-13-8-4-3-7-11-16-13/h3-4,7,11H,1-2,5-6,8-10H2. The average molecular weight is 246 g/mol. The van der Waals surface area contributed by atoms with E-state index in [9.17, 15) is 5.26 Å². The number of rotatable bonds is 1. The topological polar surface area (TPSA) is 36.1 Å². The first-order valence-corrected chi connectivity index (χ1v) is 7.15. The molecule has 2 aliphatic rings. The molecular weight excluding hydrogens is 228 g/mol. The first-order chi connectivity index (χ1) is 8.35. The van der Waals surface area contributed by atoms with E-state index in [1.165, 1.54) is 25.7 Å². The Labute approximate surface area is 108 Å². The Balaban J connectivity index is 2.08. The molecule has 0 N–H and O–H groups in total. The second-order valence-electron chi connectivity index (χ2n) is 4.62. The third-order valence-electron chi connectivity index (χ3n) is 3.27. The molecule has 2 nitrogen and oxygen atoms in total. The molecule has 0 amide bonds. The van der Waals surface area contributed by atoms with Crippen LogP contribution in [0.2, 0.25) is 0 Å². The van der Waals surface area contributed by atoms with E-state index in [0.717, 1.165) is 24.3 Å². The molecule has 0 aromatic heterocycles. The third-order valence-corrected chi connectivity index (χ3v) is 4.67. The Kier molecular flexibility index (Phi) is 4.44. The van der Waals surface area contributed by atoms with E-state index in [1.807, 2.05) is 18.4 Å². The lowest BCUT2D eigenvalue weighted by atomic mass is 10.0. The fourth-order valence-electron chi connectivity index (χ4n) is 2.31. The average Bonchev–Trinajstić information content (AvgIpc) is 2.73. The highest BCUT2D eigenvalue weighted by molar-refractivity contribution is 8.15. The molecule has 2 rings (SSSR count). The molecule has 0 bridgehead atoms. The molecule has 90 valence electrons. The molecule has 0 atom stereocenters. The van der Waals surface area contributed by atoms with E-state index < -0.39 is 0 Å². The highest BCUT2D eigenvalue weighted by Crippen LogP contribution is 2.39. The van der Waals surface area contributed by atoms with Gasteiger partial charge in [0.15, 0.2) is 0 Å². The van der Waals surface area contributed by atoms with E-state index in [1.54, 1.807) is 11.8 Å². The van der Waals surface area contributed by atoms with Crippen LogP contribution in [0.1, 0.15) is 44.9 Å². The maximum atomic E-state index is 9.51. The molecule has 0 spiro atoms. The summed E-state index contributed by atoms with van der Waals surface area (Å²) in [6.45, 7) is 0. The zero-order chi connectivity index (χ0) is 12.0. The minimum atomic E-state index is -0.221. The van der Waals surface area contributed by atoms with Crippen LogP contribution in [-0.4, -0.2) is 9.79 Å². The molecule has 0 saturated heterocycles. The molecule has 1 saturated carbocycles. The Hall–Kier alpha value is -1.01. The molecule has 0 aromatic carbocycles. The molecule has 0 unspecified atom stereocenters. The maximum absolute atomic E-state index is 9.51. The van der Waals surface area contributed by atoms with E-state index in [0.29, 0.717) is 0 Å². The zero-order valence-electron chi connectivity index (χ0n) is 10.1. The van der Waals surface area contributed by atoms with E-state index in [-0.39, 0.29) is 4.75 Å². The van der Waals surface area contributed by atoms with Crippen LogP contribution < -0.4 is 0 Å². The van der Waals surface area contributed by atoms with Gasteiger partial charge < -0.3 is 0 Å². The number of thioether (sulfide) groups is 1. The molecule has 1 heterocycles. The molecule has 17 heavy (non-hydrogen) atoms. The summed E-state index contributed by atoms with van der Waals surface area (Å²) < 4.78 is -0.221. The maximum Gasteiger partial charge on any atom is 0.108 e. The van der Waals surface area contributed by atoms with Crippen molar-refractivity contribution in [1.29, 1.82) is 5.26 Å². The molecule has 1 fully saturated rings. The van der Waals surface area contributed by atoms with E-state index >= 15 is 0 Å².